The van der Waals surface area contributed by atoms with Gasteiger partial charge < -0.3 is 4.43 Å². The van der Waals surface area contributed by atoms with Crippen molar-refractivity contribution in [1.82, 2.24) is 0 Å². The minimum Gasteiger partial charge on any atom is -0.403 e. The lowest BCUT2D eigenvalue weighted by Gasteiger charge is -2.38. The molecule has 0 rings (SSSR count). The molecule has 0 saturated carbocycles. The molecular weight excluding hydrogens is 200 g/mol. The van der Waals surface area contributed by atoms with Crippen LogP contribution in [0.1, 0.15) is 47.0 Å². The van der Waals surface area contributed by atoms with Crippen LogP contribution in [0.25, 0.3) is 0 Å². The Hall–Kier alpha value is -0.263. The van der Waals surface area contributed by atoms with Crippen LogP contribution in [0.15, 0.2) is 0 Å². The predicted molar refractivity (Wildman–Crippen MR) is 70.4 cm³/mol. The van der Waals surface area contributed by atoms with E-state index in [1.165, 1.54) is 6.42 Å². The third kappa shape index (κ3) is 4.86. The third-order valence-corrected chi connectivity index (χ3v) is 7.73. The van der Waals surface area contributed by atoms with Gasteiger partial charge in [0.2, 0.25) is 0 Å². The van der Waals surface area contributed by atoms with Gasteiger partial charge in [-0.3, -0.25) is 0 Å². The highest BCUT2D eigenvalue weighted by Gasteiger charge is 2.38. The normalized spacial score (nSPS) is 14.7. The molecule has 88 valence electrons. The van der Waals surface area contributed by atoms with E-state index in [1.807, 2.05) is 0 Å². The smallest absolute Gasteiger partial charge is 0.193 e. The van der Waals surface area contributed by atoms with Crippen molar-refractivity contribution in [2.24, 2.45) is 0 Å². The molecule has 0 amide bonds. The Bertz CT molecular complexity index is 220. The molecule has 0 bridgehead atoms. The molecule has 0 unspecified atom stereocenters. The summed E-state index contributed by atoms with van der Waals surface area (Å²) in [4.78, 5) is 0. The van der Waals surface area contributed by atoms with Crippen LogP contribution >= 0.6 is 0 Å². The zero-order valence-corrected chi connectivity index (χ0v) is 12.2. The molecule has 2 heteroatoms. The largest absolute Gasteiger partial charge is 0.403 e. The van der Waals surface area contributed by atoms with Crippen molar-refractivity contribution in [3.63, 3.8) is 0 Å². The summed E-state index contributed by atoms with van der Waals surface area (Å²) in [5.41, 5.74) is 0. The minimum absolute atomic E-state index is 0.0193. The maximum Gasteiger partial charge on any atom is 0.193 e. The SMILES string of the molecule is C#C[C@@H](CCCC)O[Si](C)(C)C(C)(C)C. The second kappa shape index (κ2) is 5.72. The molecule has 0 heterocycles. The summed E-state index contributed by atoms with van der Waals surface area (Å²) in [5, 5.41) is 0.244. The van der Waals surface area contributed by atoms with E-state index in [4.69, 9.17) is 10.8 Å². The zero-order chi connectivity index (χ0) is 12.1. The second-order valence-corrected chi connectivity index (χ2v) is 10.4. The number of hydrogen-bond donors (Lipinski definition) is 0. The lowest BCUT2D eigenvalue weighted by atomic mass is 10.2. The molecule has 0 aromatic heterocycles. The van der Waals surface area contributed by atoms with Crippen LogP contribution in [0, 0.1) is 12.3 Å². The number of hydrogen-bond acceptors (Lipinski definition) is 1. The van der Waals surface area contributed by atoms with Gasteiger partial charge in [-0.05, 0) is 24.6 Å². The fourth-order valence-electron chi connectivity index (χ4n) is 1.10. The van der Waals surface area contributed by atoms with Gasteiger partial charge in [-0.2, -0.15) is 0 Å². The standard InChI is InChI=1S/C13H26OSi/c1-8-10-11-12(9-2)14-15(6,7)13(3,4)5/h2,12H,8,10-11H2,1,3-7H3/t12-/m0/s1. The fourth-order valence-corrected chi connectivity index (χ4v) is 2.35. The molecule has 0 fully saturated rings. The summed E-state index contributed by atoms with van der Waals surface area (Å²) in [7, 11) is -1.68. The topological polar surface area (TPSA) is 9.23 Å². The summed E-state index contributed by atoms with van der Waals surface area (Å²) < 4.78 is 6.16. The van der Waals surface area contributed by atoms with E-state index in [0.29, 0.717) is 0 Å². The molecule has 0 aromatic rings. The Balaban J connectivity index is 4.36. The van der Waals surface area contributed by atoms with Crippen molar-refractivity contribution in [2.45, 2.75) is 71.2 Å². The molecule has 0 aliphatic rings. The van der Waals surface area contributed by atoms with Gasteiger partial charge in [-0.25, -0.2) is 0 Å². The highest BCUT2D eigenvalue weighted by atomic mass is 28.4. The Morgan fingerprint density at radius 1 is 1.33 bits per heavy atom. The van der Waals surface area contributed by atoms with Gasteiger partial charge in [0.15, 0.2) is 8.32 Å². The quantitative estimate of drug-likeness (QED) is 0.504. The van der Waals surface area contributed by atoms with E-state index in [2.05, 4.69) is 46.7 Å². The van der Waals surface area contributed by atoms with Crippen LogP contribution in [0.4, 0.5) is 0 Å². The van der Waals surface area contributed by atoms with Crippen molar-refractivity contribution >= 4 is 8.32 Å². The average molecular weight is 226 g/mol. The molecule has 0 N–H and O–H groups in total. The zero-order valence-electron chi connectivity index (χ0n) is 11.2. The first kappa shape index (κ1) is 14.7. The first-order valence-electron chi connectivity index (χ1n) is 5.88. The van der Waals surface area contributed by atoms with Crippen molar-refractivity contribution in [3.05, 3.63) is 0 Å². The van der Waals surface area contributed by atoms with Crippen LogP contribution in [-0.4, -0.2) is 14.4 Å². The molecule has 0 radical (unpaired) electrons. The van der Waals surface area contributed by atoms with Gasteiger partial charge in [0, 0.05) is 0 Å². The van der Waals surface area contributed by atoms with E-state index in [-0.39, 0.29) is 11.1 Å². The average Bonchev–Trinajstić information content (AvgIpc) is 2.10. The second-order valence-electron chi connectivity index (χ2n) is 5.68. The monoisotopic (exact) mass is 226 g/mol. The summed E-state index contributed by atoms with van der Waals surface area (Å²) >= 11 is 0. The highest BCUT2D eigenvalue weighted by molar-refractivity contribution is 6.74. The van der Waals surface area contributed by atoms with E-state index >= 15 is 0 Å². The summed E-state index contributed by atoms with van der Waals surface area (Å²) in [6.07, 6.45) is 8.87. The molecule has 15 heavy (non-hydrogen) atoms. The van der Waals surface area contributed by atoms with Gasteiger partial charge in [-0.15, -0.1) is 6.42 Å². The van der Waals surface area contributed by atoms with E-state index in [1.54, 1.807) is 0 Å². The molecular formula is C13H26OSi. The molecule has 0 aromatic carbocycles. The van der Waals surface area contributed by atoms with E-state index in [0.717, 1.165) is 12.8 Å². The Morgan fingerprint density at radius 2 is 1.87 bits per heavy atom. The Kier molecular flexibility index (Phi) is 5.62. The van der Waals surface area contributed by atoms with Crippen LogP contribution in [0.5, 0.6) is 0 Å². The lowest BCUT2D eigenvalue weighted by Crippen LogP contribution is -2.43. The number of terminal acetylenes is 1. The van der Waals surface area contributed by atoms with Crippen LogP contribution in [0.2, 0.25) is 18.1 Å². The van der Waals surface area contributed by atoms with Gasteiger partial charge in [0.25, 0.3) is 0 Å². The first-order chi connectivity index (χ1) is 6.74. The van der Waals surface area contributed by atoms with Crippen LogP contribution in [0.3, 0.4) is 0 Å². The Morgan fingerprint density at radius 3 is 2.20 bits per heavy atom. The number of rotatable bonds is 5. The summed E-state index contributed by atoms with van der Waals surface area (Å²) in [6, 6.07) is 0. The van der Waals surface area contributed by atoms with Gasteiger partial charge in [0.05, 0.1) is 0 Å². The van der Waals surface area contributed by atoms with Gasteiger partial charge >= 0.3 is 0 Å². The molecule has 0 aliphatic heterocycles. The number of unbranched alkanes of at least 4 members (excludes halogenated alkanes) is 1. The van der Waals surface area contributed by atoms with Gasteiger partial charge in [-0.1, -0.05) is 46.5 Å². The van der Waals surface area contributed by atoms with Gasteiger partial charge in [0.1, 0.15) is 6.10 Å². The molecule has 1 atom stereocenters. The maximum absolute atomic E-state index is 6.16. The van der Waals surface area contributed by atoms with Crippen molar-refractivity contribution in [2.75, 3.05) is 0 Å². The highest BCUT2D eigenvalue weighted by Crippen LogP contribution is 2.37. The van der Waals surface area contributed by atoms with Crippen molar-refractivity contribution < 1.29 is 4.43 Å². The van der Waals surface area contributed by atoms with Crippen LogP contribution < -0.4 is 0 Å². The van der Waals surface area contributed by atoms with E-state index in [9.17, 15) is 0 Å². The summed E-state index contributed by atoms with van der Waals surface area (Å²) in [6.45, 7) is 13.4. The molecule has 0 aliphatic carbocycles. The van der Waals surface area contributed by atoms with Crippen molar-refractivity contribution in [1.29, 1.82) is 0 Å². The summed E-state index contributed by atoms with van der Waals surface area (Å²) in [5.74, 6) is 2.78. The third-order valence-electron chi connectivity index (χ3n) is 3.25. The fraction of sp³-hybridized carbons (Fsp3) is 0.846. The first-order valence-corrected chi connectivity index (χ1v) is 8.79. The lowest BCUT2D eigenvalue weighted by molar-refractivity contribution is 0.220. The molecule has 0 spiro atoms. The van der Waals surface area contributed by atoms with Crippen molar-refractivity contribution in [3.8, 4) is 12.3 Å². The van der Waals surface area contributed by atoms with E-state index < -0.39 is 8.32 Å². The minimum atomic E-state index is -1.68. The molecule has 0 saturated heterocycles. The molecule has 1 nitrogen and oxygen atoms in total. The maximum atomic E-state index is 6.16. The Labute approximate surface area is 96.7 Å². The van der Waals surface area contributed by atoms with Crippen LogP contribution in [-0.2, 0) is 4.43 Å². The predicted octanol–water partition coefficient (Wildman–Crippen LogP) is 4.20.